The third kappa shape index (κ3) is 4.23. The number of amides is 1. The SMILES string of the molecule is Cc1ccc(S(=O)(=O)[C@@H]2[C@@H](c3ccc(Cl)cc3)[C@]2(C=O)NC(=O)OC(C)(C)C)cc1. The molecule has 1 amide bonds. The van der Waals surface area contributed by atoms with Crippen molar-refractivity contribution < 1.29 is 22.7 Å². The first-order chi connectivity index (χ1) is 13.9. The zero-order valence-electron chi connectivity index (χ0n) is 17.2. The minimum atomic E-state index is -3.93. The minimum absolute atomic E-state index is 0.0896. The van der Waals surface area contributed by atoms with Crippen molar-refractivity contribution >= 4 is 33.8 Å². The lowest BCUT2D eigenvalue weighted by atomic mass is 10.1. The fourth-order valence-corrected chi connectivity index (χ4v) is 5.98. The number of alkyl carbamates (subject to hydrolysis) is 1. The molecule has 1 fully saturated rings. The van der Waals surface area contributed by atoms with Crippen LogP contribution in [0.1, 0.15) is 37.8 Å². The third-order valence-corrected chi connectivity index (χ3v) is 7.52. The zero-order chi connectivity index (χ0) is 22.3. The first kappa shape index (κ1) is 22.3. The van der Waals surface area contributed by atoms with Crippen LogP contribution in [0, 0.1) is 6.92 Å². The van der Waals surface area contributed by atoms with Gasteiger partial charge in [0.05, 0.1) is 4.90 Å². The monoisotopic (exact) mass is 449 g/mol. The van der Waals surface area contributed by atoms with Gasteiger partial charge in [0.25, 0.3) is 0 Å². The van der Waals surface area contributed by atoms with Gasteiger partial charge in [0, 0.05) is 10.9 Å². The molecule has 1 aliphatic rings. The van der Waals surface area contributed by atoms with E-state index in [2.05, 4.69) is 5.32 Å². The summed E-state index contributed by atoms with van der Waals surface area (Å²) < 4.78 is 32.1. The summed E-state index contributed by atoms with van der Waals surface area (Å²) in [5.41, 5.74) is -0.944. The van der Waals surface area contributed by atoms with E-state index in [1.165, 1.54) is 12.1 Å². The molecule has 1 N–H and O–H groups in total. The van der Waals surface area contributed by atoms with Crippen LogP contribution in [0.15, 0.2) is 53.4 Å². The Bertz CT molecular complexity index is 1060. The number of benzene rings is 2. The maximum Gasteiger partial charge on any atom is 0.408 e. The number of rotatable bonds is 5. The summed E-state index contributed by atoms with van der Waals surface area (Å²) in [5, 5.41) is 1.85. The first-order valence-corrected chi connectivity index (χ1v) is 11.4. The number of aryl methyl sites for hydroxylation is 1. The molecule has 0 saturated heterocycles. The van der Waals surface area contributed by atoms with Crippen LogP contribution in [0.3, 0.4) is 0 Å². The first-order valence-electron chi connectivity index (χ1n) is 9.44. The van der Waals surface area contributed by atoms with Crippen molar-refractivity contribution in [1.29, 1.82) is 0 Å². The van der Waals surface area contributed by atoms with Gasteiger partial charge in [-0.25, -0.2) is 13.2 Å². The maximum atomic E-state index is 13.4. The minimum Gasteiger partial charge on any atom is -0.444 e. The average Bonchev–Trinajstić information content (AvgIpc) is 3.30. The number of ether oxygens (including phenoxy) is 1. The molecule has 2 aromatic rings. The Morgan fingerprint density at radius 2 is 1.67 bits per heavy atom. The van der Waals surface area contributed by atoms with E-state index >= 15 is 0 Å². The van der Waals surface area contributed by atoms with Gasteiger partial charge < -0.3 is 14.8 Å². The normalized spacial score (nSPS) is 23.5. The van der Waals surface area contributed by atoms with Gasteiger partial charge in [-0.3, -0.25) is 0 Å². The van der Waals surface area contributed by atoms with Gasteiger partial charge in [-0.2, -0.15) is 0 Å². The van der Waals surface area contributed by atoms with Crippen molar-refractivity contribution in [3.63, 3.8) is 0 Å². The second-order valence-corrected chi connectivity index (χ2v) is 11.0. The highest BCUT2D eigenvalue weighted by Gasteiger charge is 2.73. The molecule has 1 aliphatic carbocycles. The molecule has 0 aliphatic heterocycles. The molecule has 2 aromatic carbocycles. The van der Waals surface area contributed by atoms with Crippen molar-refractivity contribution in [3.8, 4) is 0 Å². The van der Waals surface area contributed by atoms with Crippen molar-refractivity contribution in [3.05, 3.63) is 64.7 Å². The van der Waals surface area contributed by atoms with E-state index in [0.29, 0.717) is 16.9 Å². The molecule has 1 saturated carbocycles. The Labute approximate surface area is 181 Å². The van der Waals surface area contributed by atoms with Gasteiger partial charge >= 0.3 is 6.09 Å². The van der Waals surface area contributed by atoms with Crippen molar-refractivity contribution in [2.24, 2.45) is 0 Å². The summed E-state index contributed by atoms with van der Waals surface area (Å²) >= 11 is 5.96. The van der Waals surface area contributed by atoms with Crippen LogP contribution < -0.4 is 5.32 Å². The second-order valence-electron chi connectivity index (χ2n) is 8.49. The average molecular weight is 450 g/mol. The van der Waals surface area contributed by atoms with Crippen LogP contribution in [0.2, 0.25) is 5.02 Å². The van der Waals surface area contributed by atoms with Gasteiger partial charge in [0.2, 0.25) is 0 Å². The van der Waals surface area contributed by atoms with Crippen molar-refractivity contribution in [2.45, 2.75) is 54.9 Å². The quantitative estimate of drug-likeness (QED) is 0.695. The Balaban J connectivity index is 2.04. The summed E-state index contributed by atoms with van der Waals surface area (Å²) in [6, 6.07) is 12.9. The molecule has 0 unspecified atom stereocenters. The fourth-order valence-electron chi connectivity index (χ4n) is 3.60. The summed E-state index contributed by atoms with van der Waals surface area (Å²) in [6.45, 7) is 6.91. The van der Waals surface area contributed by atoms with Crippen molar-refractivity contribution in [1.82, 2.24) is 5.32 Å². The number of sulfone groups is 1. The molecule has 160 valence electrons. The molecule has 6 nitrogen and oxygen atoms in total. The van der Waals surface area contributed by atoms with Crippen LogP contribution in [0.4, 0.5) is 4.79 Å². The molecule has 0 spiro atoms. The van der Waals surface area contributed by atoms with Gasteiger partial charge in [-0.15, -0.1) is 0 Å². The smallest absolute Gasteiger partial charge is 0.408 e. The third-order valence-electron chi connectivity index (χ3n) is 5.00. The van der Waals surface area contributed by atoms with Crippen LogP contribution in [0.25, 0.3) is 0 Å². The topological polar surface area (TPSA) is 89.5 Å². The number of hydrogen-bond donors (Lipinski definition) is 1. The Hall–Kier alpha value is -2.38. The Kier molecular flexibility index (Phi) is 5.73. The summed E-state index contributed by atoms with van der Waals surface area (Å²) in [4.78, 5) is 24.8. The fraction of sp³-hybridized carbons (Fsp3) is 0.364. The summed E-state index contributed by atoms with van der Waals surface area (Å²) in [7, 11) is -3.93. The van der Waals surface area contributed by atoms with E-state index in [-0.39, 0.29) is 4.90 Å². The molecule has 3 atom stereocenters. The predicted molar refractivity (Wildman–Crippen MR) is 115 cm³/mol. The number of halogens is 1. The Morgan fingerprint density at radius 3 is 2.17 bits per heavy atom. The highest BCUT2D eigenvalue weighted by molar-refractivity contribution is 7.92. The molecule has 0 bridgehead atoms. The highest BCUT2D eigenvalue weighted by atomic mass is 35.5. The molecule has 8 heteroatoms. The lowest BCUT2D eigenvalue weighted by molar-refractivity contribution is -0.110. The molecule has 0 heterocycles. The lowest BCUT2D eigenvalue weighted by Gasteiger charge is -2.22. The summed E-state index contributed by atoms with van der Waals surface area (Å²) in [6.07, 6.45) is -0.359. The van der Waals surface area contributed by atoms with Crippen LogP contribution >= 0.6 is 11.6 Å². The molecule has 3 rings (SSSR count). The Morgan fingerprint density at radius 1 is 1.10 bits per heavy atom. The van der Waals surface area contributed by atoms with Crippen molar-refractivity contribution in [2.75, 3.05) is 0 Å². The largest absolute Gasteiger partial charge is 0.444 e. The van der Waals surface area contributed by atoms with Gasteiger partial charge in [0.15, 0.2) is 9.84 Å². The highest BCUT2D eigenvalue weighted by Crippen LogP contribution is 2.56. The maximum absolute atomic E-state index is 13.4. The molecule has 0 radical (unpaired) electrons. The number of hydrogen-bond acceptors (Lipinski definition) is 5. The second kappa shape index (κ2) is 7.71. The van der Waals surface area contributed by atoms with E-state index in [1.54, 1.807) is 57.2 Å². The molecule has 30 heavy (non-hydrogen) atoms. The van der Waals surface area contributed by atoms with Crippen LogP contribution in [-0.4, -0.2) is 37.2 Å². The standard InChI is InChI=1S/C22H24ClNO5S/c1-14-5-11-17(12-6-14)30(27,28)19-18(15-7-9-16(23)10-8-15)22(19,13-25)24-20(26)29-21(2,3)4/h5-13,18-19H,1-4H3,(H,24,26)/t18-,19-,22+/m1/s1. The summed E-state index contributed by atoms with van der Waals surface area (Å²) in [5.74, 6) is -0.772. The van der Waals surface area contributed by atoms with Gasteiger partial charge in [-0.1, -0.05) is 41.4 Å². The van der Waals surface area contributed by atoms with Crippen LogP contribution in [0.5, 0.6) is 0 Å². The van der Waals surface area contributed by atoms with Gasteiger partial charge in [0.1, 0.15) is 22.7 Å². The predicted octanol–water partition coefficient (Wildman–Crippen LogP) is 4.05. The van der Waals surface area contributed by atoms with E-state index in [1.807, 2.05) is 6.92 Å². The van der Waals surface area contributed by atoms with Crippen LogP contribution in [-0.2, 0) is 19.4 Å². The van der Waals surface area contributed by atoms with E-state index in [9.17, 15) is 18.0 Å². The molecular formula is C22H24ClNO5S. The van der Waals surface area contributed by atoms with E-state index in [0.717, 1.165) is 5.56 Å². The molecule has 0 aromatic heterocycles. The lowest BCUT2D eigenvalue weighted by Crippen LogP contribution is -2.45. The number of carbonyl (C=O) groups excluding carboxylic acids is 2. The van der Waals surface area contributed by atoms with E-state index < -0.39 is 38.2 Å². The molecular weight excluding hydrogens is 426 g/mol. The van der Waals surface area contributed by atoms with Gasteiger partial charge in [-0.05, 0) is 57.5 Å². The number of nitrogens with one attached hydrogen (secondary N) is 1. The number of aldehydes is 1. The van der Waals surface area contributed by atoms with E-state index in [4.69, 9.17) is 16.3 Å². The number of carbonyl (C=O) groups is 2. The zero-order valence-corrected chi connectivity index (χ0v) is 18.8.